The largest absolute Gasteiger partial charge is 0.496 e. The first-order valence-corrected chi connectivity index (χ1v) is 18.1. The summed E-state index contributed by atoms with van der Waals surface area (Å²) >= 11 is 0.573. The molecule has 0 bridgehead atoms. The molecule has 0 radical (unpaired) electrons. The van der Waals surface area contributed by atoms with Crippen LogP contribution in [0.2, 0.25) is 0 Å². The molecule has 17 heteroatoms. The fourth-order valence-corrected chi connectivity index (χ4v) is 7.44. The second-order valence-electron chi connectivity index (χ2n) is 13.9. The molecule has 0 spiro atoms. The number of hydrogen-bond acceptors (Lipinski definition) is 7. The Hall–Kier alpha value is -5.06. The number of benzene rings is 3. The van der Waals surface area contributed by atoms with Crippen molar-refractivity contribution < 1.29 is 54.6 Å². The van der Waals surface area contributed by atoms with Crippen LogP contribution in [0.1, 0.15) is 78.1 Å². The van der Waals surface area contributed by atoms with E-state index in [0.29, 0.717) is 55.3 Å². The van der Waals surface area contributed by atoms with Gasteiger partial charge in [-0.2, -0.15) is 26.3 Å². The molecule has 9 nitrogen and oxygen atoms in total. The Kier molecular flexibility index (Phi) is 11.9. The highest BCUT2D eigenvalue weighted by molar-refractivity contribution is 7.21. The van der Waals surface area contributed by atoms with Gasteiger partial charge < -0.3 is 25.0 Å². The molecule has 55 heavy (non-hydrogen) atoms. The number of amides is 3. The third kappa shape index (κ3) is 9.26. The molecule has 4 aromatic rings. The van der Waals surface area contributed by atoms with Crippen LogP contribution in [0.25, 0.3) is 10.1 Å². The third-order valence-electron chi connectivity index (χ3n) is 8.96. The van der Waals surface area contributed by atoms with E-state index in [-0.39, 0.29) is 38.0 Å². The molecule has 1 saturated heterocycles. The highest BCUT2D eigenvalue weighted by Crippen LogP contribution is 2.41. The minimum Gasteiger partial charge on any atom is -0.496 e. The van der Waals surface area contributed by atoms with E-state index in [0.717, 1.165) is 37.1 Å². The van der Waals surface area contributed by atoms with E-state index >= 15 is 0 Å². The Labute approximate surface area is 316 Å². The molecule has 1 aliphatic heterocycles. The first-order chi connectivity index (χ1) is 25.7. The number of unbranched alkanes of at least 4 members (excludes halogenated alkanes) is 1. The second-order valence-corrected chi connectivity index (χ2v) is 14.9. The number of fused-ring (bicyclic) bond motifs is 1. The molecular formula is C38H39F7N4O5S. The van der Waals surface area contributed by atoms with Crippen molar-refractivity contribution in [2.45, 2.75) is 70.9 Å². The van der Waals surface area contributed by atoms with E-state index < -0.39 is 58.4 Å². The molecule has 1 atom stereocenters. The van der Waals surface area contributed by atoms with Gasteiger partial charge in [-0.15, -0.1) is 11.3 Å². The Morgan fingerprint density at radius 2 is 1.65 bits per heavy atom. The van der Waals surface area contributed by atoms with E-state index in [1.54, 1.807) is 23.1 Å². The molecule has 1 unspecified atom stereocenters. The number of anilines is 3. The number of nitrogens with zero attached hydrogens (tertiary/aromatic N) is 2. The van der Waals surface area contributed by atoms with Gasteiger partial charge in [0.05, 0.1) is 42.1 Å². The van der Waals surface area contributed by atoms with Crippen molar-refractivity contribution in [2.75, 3.05) is 42.3 Å². The number of halogens is 7. The summed E-state index contributed by atoms with van der Waals surface area (Å²) in [6.45, 7) is 8.97. The monoisotopic (exact) mass is 796 g/mol. The van der Waals surface area contributed by atoms with E-state index in [1.165, 1.54) is 7.11 Å². The summed E-state index contributed by atoms with van der Waals surface area (Å²) < 4.78 is 106. The number of carbonyl (C=O) groups excluding carboxylic acids is 3. The van der Waals surface area contributed by atoms with Crippen molar-refractivity contribution in [3.63, 3.8) is 0 Å². The number of ether oxygens (including phenoxy) is 2. The first kappa shape index (κ1) is 41.1. The third-order valence-corrected chi connectivity index (χ3v) is 10.1. The Bertz CT molecular complexity index is 2080. The van der Waals surface area contributed by atoms with Crippen LogP contribution in [-0.2, 0) is 17.1 Å². The molecule has 2 N–H and O–H groups in total. The maximum atomic E-state index is 14.0. The summed E-state index contributed by atoms with van der Waals surface area (Å²) in [5.74, 6) is -3.31. The van der Waals surface area contributed by atoms with Crippen LogP contribution in [0.3, 0.4) is 0 Å². The number of alkyl halides is 6. The van der Waals surface area contributed by atoms with Gasteiger partial charge in [-0.1, -0.05) is 19.4 Å². The van der Waals surface area contributed by atoms with Gasteiger partial charge in [0.2, 0.25) is 0 Å². The predicted molar refractivity (Wildman–Crippen MR) is 196 cm³/mol. The lowest BCUT2D eigenvalue weighted by molar-refractivity contribution is -0.140. The van der Waals surface area contributed by atoms with E-state index in [2.05, 4.69) is 10.6 Å². The first-order valence-electron chi connectivity index (χ1n) is 17.2. The summed E-state index contributed by atoms with van der Waals surface area (Å²) in [4.78, 5) is 44.1. The highest BCUT2D eigenvalue weighted by Gasteiger charge is 2.39. The Morgan fingerprint density at radius 3 is 2.29 bits per heavy atom. The lowest BCUT2D eigenvalue weighted by Gasteiger charge is -2.39. The summed E-state index contributed by atoms with van der Waals surface area (Å²) in [7, 11) is 1.33. The normalized spacial score (nSPS) is 14.9. The lowest BCUT2D eigenvalue weighted by Crippen LogP contribution is -2.52. The summed E-state index contributed by atoms with van der Waals surface area (Å²) in [6.07, 6.45) is -8.04. The van der Waals surface area contributed by atoms with Gasteiger partial charge in [0.1, 0.15) is 16.4 Å². The van der Waals surface area contributed by atoms with Crippen LogP contribution in [0, 0.1) is 5.82 Å². The molecule has 0 aliphatic carbocycles. The smallest absolute Gasteiger partial charge is 0.419 e. The zero-order valence-corrected chi connectivity index (χ0v) is 31.3. The van der Waals surface area contributed by atoms with Gasteiger partial charge in [0, 0.05) is 40.1 Å². The lowest BCUT2D eigenvalue weighted by atomic mass is 10.0. The van der Waals surface area contributed by atoms with Crippen LogP contribution in [0.4, 0.5) is 52.6 Å². The van der Waals surface area contributed by atoms with Gasteiger partial charge in [-0.3, -0.25) is 14.5 Å². The highest BCUT2D eigenvalue weighted by atomic mass is 32.1. The van der Waals surface area contributed by atoms with Crippen molar-refractivity contribution >= 4 is 56.4 Å². The van der Waals surface area contributed by atoms with Crippen molar-refractivity contribution in [3.8, 4) is 5.75 Å². The van der Waals surface area contributed by atoms with Crippen LogP contribution < -0.4 is 20.3 Å². The fourth-order valence-electron chi connectivity index (χ4n) is 6.35. The number of methoxy groups -OCH3 is 1. The predicted octanol–water partition coefficient (Wildman–Crippen LogP) is 10.2. The molecule has 0 saturated carbocycles. The quantitative estimate of drug-likeness (QED) is 0.122. The average Bonchev–Trinajstić information content (AvgIpc) is 3.72. The van der Waals surface area contributed by atoms with Crippen molar-refractivity contribution in [1.29, 1.82) is 0 Å². The standard InChI is InChI=1S/C38H39F7N4O5S/c1-6-7-16-54-35(52)49(36(2,3)4)24-14-15-48(20-24)23-10-13-29(53-5)26(19-23)33(50)47-31-25-11-8-21(37(40,41)42)17-30(25)55-32(31)34(51)46-22-9-12-28(39)27(18-22)38(43,44)45/h8-13,17-19,24H,6-7,14-16,20H2,1-5H3,(H,46,51)(H,47,50). The molecule has 2 heterocycles. The van der Waals surface area contributed by atoms with Gasteiger partial charge in [-0.25, -0.2) is 9.18 Å². The topological polar surface area (TPSA) is 100 Å². The minimum atomic E-state index is -5.08. The van der Waals surface area contributed by atoms with Gasteiger partial charge in [-0.05, 0) is 82.1 Å². The van der Waals surface area contributed by atoms with Crippen molar-refractivity contribution in [1.82, 2.24) is 4.90 Å². The fraction of sp³-hybridized carbons (Fsp3) is 0.395. The molecule has 3 aromatic carbocycles. The molecule has 1 aliphatic rings. The molecule has 3 amide bonds. The van der Waals surface area contributed by atoms with Crippen molar-refractivity contribution in [2.24, 2.45) is 0 Å². The Balaban J connectivity index is 1.47. The maximum absolute atomic E-state index is 14.0. The molecule has 296 valence electrons. The van der Waals surface area contributed by atoms with Gasteiger partial charge in [0.15, 0.2) is 0 Å². The van der Waals surface area contributed by atoms with E-state index in [1.807, 2.05) is 32.6 Å². The SMILES string of the molecule is CCCCOC(=O)N(C1CCN(c2ccc(OC)c(C(=O)Nc3c(C(=O)Nc4ccc(F)c(C(F)(F)F)c4)sc4cc(C(F)(F)F)ccc34)c2)C1)C(C)(C)C. The van der Waals surface area contributed by atoms with E-state index in [9.17, 15) is 45.1 Å². The van der Waals surface area contributed by atoms with Gasteiger partial charge in [0.25, 0.3) is 11.8 Å². The summed E-state index contributed by atoms with van der Waals surface area (Å²) in [5, 5.41) is 4.91. The molecule has 5 rings (SSSR count). The van der Waals surface area contributed by atoms with Gasteiger partial charge >= 0.3 is 18.4 Å². The average molecular weight is 797 g/mol. The second kappa shape index (κ2) is 16.0. The number of rotatable bonds is 10. The number of hydrogen-bond donors (Lipinski definition) is 2. The molecule has 1 aromatic heterocycles. The van der Waals surface area contributed by atoms with Crippen molar-refractivity contribution in [3.05, 3.63) is 82.0 Å². The van der Waals surface area contributed by atoms with E-state index in [4.69, 9.17) is 9.47 Å². The number of nitrogens with one attached hydrogen (secondary N) is 2. The van der Waals surface area contributed by atoms with Crippen LogP contribution in [0.5, 0.6) is 5.75 Å². The minimum absolute atomic E-state index is 0.000997. The molecular weight excluding hydrogens is 757 g/mol. The number of thiophene rings is 1. The maximum Gasteiger partial charge on any atom is 0.419 e. The summed E-state index contributed by atoms with van der Waals surface area (Å²) in [6, 6.07) is 9.04. The zero-order valence-electron chi connectivity index (χ0n) is 30.5. The summed E-state index contributed by atoms with van der Waals surface area (Å²) in [5.41, 5.74) is -3.27. The van der Waals surface area contributed by atoms with Crippen LogP contribution in [-0.4, -0.2) is 61.2 Å². The number of carbonyl (C=O) groups is 3. The zero-order chi connectivity index (χ0) is 40.5. The molecule has 1 fully saturated rings. The van der Waals surface area contributed by atoms with Crippen LogP contribution in [0.15, 0.2) is 54.6 Å². The van der Waals surface area contributed by atoms with Crippen LogP contribution >= 0.6 is 11.3 Å². The Morgan fingerprint density at radius 1 is 0.927 bits per heavy atom.